The van der Waals surface area contributed by atoms with Gasteiger partial charge in [-0.2, -0.15) is 0 Å². The van der Waals surface area contributed by atoms with Crippen LogP contribution in [-0.4, -0.2) is 11.4 Å². The summed E-state index contributed by atoms with van der Waals surface area (Å²) in [7, 11) is 0. The quantitative estimate of drug-likeness (QED) is 0.895. The Morgan fingerprint density at radius 3 is 2.79 bits per heavy atom. The van der Waals surface area contributed by atoms with Crippen LogP contribution in [0, 0.1) is 0 Å². The maximum Gasteiger partial charge on any atom is 0.231 e. The van der Waals surface area contributed by atoms with Crippen molar-refractivity contribution < 1.29 is 9.47 Å². The minimum absolute atomic E-state index is 0.330. The van der Waals surface area contributed by atoms with Gasteiger partial charge in [-0.1, -0.05) is 6.07 Å². The highest BCUT2D eigenvalue weighted by Crippen LogP contribution is 2.32. The molecule has 4 heteroatoms. The fraction of sp³-hybridized carbons (Fsp3) is 0.333. The molecule has 1 aliphatic rings. The Kier molecular flexibility index (Phi) is 3.42. The van der Waals surface area contributed by atoms with Gasteiger partial charge in [0.25, 0.3) is 0 Å². The summed E-state index contributed by atoms with van der Waals surface area (Å²) < 4.78 is 12.8. The highest BCUT2D eigenvalue weighted by Gasteiger charge is 2.12. The van der Waals surface area contributed by atoms with Crippen LogP contribution in [-0.2, 0) is 19.6 Å². The minimum Gasteiger partial charge on any atom is -0.454 e. The summed E-state index contributed by atoms with van der Waals surface area (Å²) in [5.41, 5.74) is 2.52. The third kappa shape index (κ3) is 2.74. The molecular formula is C15H18N2O2. The van der Waals surface area contributed by atoms with E-state index in [1.54, 1.807) is 0 Å². The summed E-state index contributed by atoms with van der Waals surface area (Å²) in [5, 5.41) is 3.44. The highest BCUT2D eigenvalue weighted by molar-refractivity contribution is 5.44. The molecule has 2 heterocycles. The molecule has 100 valence electrons. The van der Waals surface area contributed by atoms with Gasteiger partial charge in [-0.15, -0.1) is 0 Å². The zero-order valence-corrected chi connectivity index (χ0v) is 11.1. The molecular weight excluding hydrogens is 240 g/mol. The third-order valence-corrected chi connectivity index (χ3v) is 3.27. The summed E-state index contributed by atoms with van der Waals surface area (Å²) in [5.74, 6) is 1.68. The molecule has 0 atom stereocenters. The number of hydrogen-bond acceptors (Lipinski definition) is 3. The monoisotopic (exact) mass is 258 g/mol. The minimum atomic E-state index is 0.330. The highest BCUT2D eigenvalue weighted by atomic mass is 16.7. The molecule has 2 aromatic rings. The molecule has 0 unspecified atom stereocenters. The predicted molar refractivity (Wildman–Crippen MR) is 73.2 cm³/mol. The van der Waals surface area contributed by atoms with Crippen LogP contribution in [0.4, 0.5) is 0 Å². The fourth-order valence-electron chi connectivity index (χ4n) is 2.19. The number of nitrogens with one attached hydrogen (secondary N) is 1. The van der Waals surface area contributed by atoms with Crippen LogP contribution in [0.3, 0.4) is 0 Å². The van der Waals surface area contributed by atoms with Crippen molar-refractivity contribution in [1.82, 2.24) is 9.88 Å². The van der Waals surface area contributed by atoms with E-state index in [1.165, 1.54) is 11.1 Å². The normalized spacial score (nSPS) is 12.9. The summed E-state index contributed by atoms with van der Waals surface area (Å²) >= 11 is 0. The number of aromatic nitrogens is 1. The van der Waals surface area contributed by atoms with E-state index in [0.29, 0.717) is 6.79 Å². The van der Waals surface area contributed by atoms with Crippen LogP contribution in [0.25, 0.3) is 0 Å². The third-order valence-electron chi connectivity index (χ3n) is 3.27. The molecule has 0 aliphatic carbocycles. The van der Waals surface area contributed by atoms with E-state index >= 15 is 0 Å². The number of benzene rings is 1. The van der Waals surface area contributed by atoms with E-state index < -0.39 is 0 Å². The number of fused-ring (bicyclic) bond motifs is 1. The maximum absolute atomic E-state index is 5.37. The van der Waals surface area contributed by atoms with Crippen LogP contribution >= 0.6 is 0 Å². The lowest BCUT2D eigenvalue weighted by atomic mass is 10.2. The molecule has 0 spiro atoms. The summed E-state index contributed by atoms with van der Waals surface area (Å²) in [4.78, 5) is 0. The molecule has 0 amide bonds. The van der Waals surface area contributed by atoms with Gasteiger partial charge >= 0.3 is 0 Å². The standard InChI is InChI=1S/C15H18N2O2/c1-2-17-6-5-13(10-17)9-16-8-12-3-4-14-15(7-12)19-11-18-14/h3-7,10,16H,2,8-9,11H2,1H3. The van der Waals surface area contributed by atoms with Crippen molar-refractivity contribution >= 4 is 0 Å². The van der Waals surface area contributed by atoms with Gasteiger partial charge in [0.2, 0.25) is 6.79 Å². The Morgan fingerprint density at radius 1 is 1.11 bits per heavy atom. The van der Waals surface area contributed by atoms with Crippen LogP contribution in [0.2, 0.25) is 0 Å². The van der Waals surface area contributed by atoms with Gasteiger partial charge in [0, 0.05) is 32.0 Å². The van der Waals surface area contributed by atoms with Crippen LogP contribution in [0.15, 0.2) is 36.7 Å². The summed E-state index contributed by atoms with van der Waals surface area (Å²) in [6, 6.07) is 8.22. The lowest BCUT2D eigenvalue weighted by molar-refractivity contribution is 0.174. The topological polar surface area (TPSA) is 35.4 Å². The first kappa shape index (κ1) is 12.1. The van der Waals surface area contributed by atoms with Gasteiger partial charge in [0.15, 0.2) is 11.5 Å². The largest absolute Gasteiger partial charge is 0.454 e. The van der Waals surface area contributed by atoms with Crippen molar-refractivity contribution in [2.75, 3.05) is 6.79 Å². The molecule has 4 nitrogen and oxygen atoms in total. The molecule has 0 saturated carbocycles. The molecule has 0 fully saturated rings. The number of rotatable bonds is 5. The number of nitrogens with zero attached hydrogens (tertiary/aromatic N) is 1. The second-order valence-corrected chi connectivity index (χ2v) is 4.64. The lowest BCUT2D eigenvalue weighted by Gasteiger charge is -2.05. The van der Waals surface area contributed by atoms with E-state index in [1.807, 2.05) is 12.1 Å². The van der Waals surface area contributed by atoms with Crippen molar-refractivity contribution in [1.29, 1.82) is 0 Å². The van der Waals surface area contributed by atoms with Gasteiger partial charge in [0.05, 0.1) is 0 Å². The molecule has 0 radical (unpaired) electrons. The second kappa shape index (κ2) is 5.36. The molecule has 3 rings (SSSR count). The second-order valence-electron chi connectivity index (χ2n) is 4.64. The Balaban J connectivity index is 1.54. The zero-order chi connectivity index (χ0) is 13.1. The van der Waals surface area contributed by atoms with Crippen molar-refractivity contribution in [2.24, 2.45) is 0 Å². The smallest absolute Gasteiger partial charge is 0.231 e. The van der Waals surface area contributed by atoms with Gasteiger partial charge in [-0.3, -0.25) is 0 Å². The Labute approximate surface area is 113 Å². The molecule has 1 N–H and O–H groups in total. The van der Waals surface area contributed by atoms with E-state index in [4.69, 9.17) is 9.47 Å². The van der Waals surface area contributed by atoms with Crippen LogP contribution in [0.1, 0.15) is 18.1 Å². The summed E-state index contributed by atoms with van der Waals surface area (Å²) in [6.45, 7) is 5.19. The van der Waals surface area contributed by atoms with E-state index in [9.17, 15) is 0 Å². The SMILES string of the molecule is CCn1ccc(CNCc2ccc3c(c2)OCO3)c1. The van der Waals surface area contributed by atoms with Crippen LogP contribution in [0.5, 0.6) is 11.5 Å². The average Bonchev–Trinajstić information content (AvgIpc) is 3.06. The molecule has 1 aromatic carbocycles. The number of ether oxygens (including phenoxy) is 2. The molecule has 1 aliphatic heterocycles. The van der Waals surface area contributed by atoms with Crippen molar-refractivity contribution in [3.8, 4) is 11.5 Å². The van der Waals surface area contributed by atoms with Crippen molar-refractivity contribution in [3.63, 3.8) is 0 Å². The average molecular weight is 258 g/mol. The maximum atomic E-state index is 5.37. The first-order valence-electron chi connectivity index (χ1n) is 6.59. The van der Waals surface area contributed by atoms with E-state index in [-0.39, 0.29) is 0 Å². The van der Waals surface area contributed by atoms with Gasteiger partial charge in [0.1, 0.15) is 0 Å². The Hall–Kier alpha value is -1.94. The first-order valence-corrected chi connectivity index (χ1v) is 6.59. The van der Waals surface area contributed by atoms with Gasteiger partial charge in [-0.25, -0.2) is 0 Å². The first-order chi connectivity index (χ1) is 9.35. The van der Waals surface area contributed by atoms with E-state index in [0.717, 1.165) is 31.1 Å². The lowest BCUT2D eigenvalue weighted by Crippen LogP contribution is -2.12. The molecule has 0 bridgehead atoms. The van der Waals surface area contributed by atoms with Gasteiger partial charge in [-0.05, 0) is 36.2 Å². The van der Waals surface area contributed by atoms with Crippen molar-refractivity contribution in [2.45, 2.75) is 26.6 Å². The molecule has 1 aromatic heterocycles. The Bertz CT molecular complexity index is 563. The molecule has 0 saturated heterocycles. The van der Waals surface area contributed by atoms with E-state index in [2.05, 4.69) is 41.3 Å². The fourth-order valence-corrected chi connectivity index (χ4v) is 2.19. The predicted octanol–water partition coefficient (Wildman–Crippen LogP) is 2.53. The zero-order valence-electron chi connectivity index (χ0n) is 11.1. The number of hydrogen-bond donors (Lipinski definition) is 1. The van der Waals surface area contributed by atoms with Crippen molar-refractivity contribution in [3.05, 3.63) is 47.8 Å². The Morgan fingerprint density at radius 2 is 1.95 bits per heavy atom. The summed E-state index contributed by atoms with van der Waals surface area (Å²) in [6.07, 6.45) is 4.28. The van der Waals surface area contributed by atoms with Gasteiger partial charge < -0.3 is 19.4 Å². The number of aryl methyl sites for hydroxylation is 1. The van der Waals surface area contributed by atoms with Crippen LogP contribution < -0.4 is 14.8 Å². The molecule has 19 heavy (non-hydrogen) atoms.